The highest BCUT2D eigenvalue weighted by Crippen LogP contribution is 2.23. The molecule has 0 radical (unpaired) electrons. The largest absolute Gasteiger partial charge is 0.394 e. The summed E-state index contributed by atoms with van der Waals surface area (Å²) in [5.41, 5.74) is 0. The smallest absolute Gasteiger partial charge is 0.246 e. The molecule has 1 aliphatic rings. The van der Waals surface area contributed by atoms with Gasteiger partial charge in [0.15, 0.2) is 0 Å². The number of sulfonamides is 1. The molecule has 0 unspecified atom stereocenters. The third kappa shape index (κ3) is 3.38. The van der Waals surface area contributed by atoms with E-state index in [1.807, 2.05) is 0 Å². The van der Waals surface area contributed by atoms with Crippen LogP contribution in [-0.2, 0) is 21.3 Å². The van der Waals surface area contributed by atoms with Crippen molar-refractivity contribution < 1.29 is 18.3 Å². The summed E-state index contributed by atoms with van der Waals surface area (Å²) in [4.78, 5) is 0.191. The zero-order valence-electron chi connectivity index (χ0n) is 11.6. The predicted octanol–water partition coefficient (Wildman–Crippen LogP) is -0.0775. The minimum Gasteiger partial charge on any atom is -0.394 e. The summed E-state index contributed by atoms with van der Waals surface area (Å²) >= 11 is 0. The highest BCUT2D eigenvalue weighted by molar-refractivity contribution is 7.89. The first-order valence-corrected chi connectivity index (χ1v) is 8.14. The van der Waals surface area contributed by atoms with Gasteiger partial charge in [-0.25, -0.2) is 8.42 Å². The highest BCUT2D eigenvalue weighted by Gasteiger charge is 2.30. The Morgan fingerprint density at radius 2 is 2.15 bits per heavy atom. The first kappa shape index (κ1) is 15.4. The van der Waals surface area contributed by atoms with Crippen molar-refractivity contribution in [2.24, 2.45) is 5.92 Å². The SMILES string of the molecule is COCC1CCN(S(=O)(=O)c2cnn(CCO)c2)CC1. The Morgan fingerprint density at radius 1 is 1.45 bits per heavy atom. The Kier molecular flexibility index (Phi) is 5.14. The second-order valence-electron chi connectivity index (χ2n) is 4.97. The van der Waals surface area contributed by atoms with Crippen LogP contribution in [-0.4, -0.2) is 61.0 Å². The van der Waals surface area contributed by atoms with Crippen molar-refractivity contribution in [1.82, 2.24) is 14.1 Å². The molecule has 20 heavy (non-hydrogen) atoms. The Bertz CT molecular complexity index is 521. The standard InChI is InChI=1S/C12H21N3O4S/c1-19-10-11-2-4-15(5-3-11)20(17,18)12-8-13-14(9-12)6-7-16/h8-9,11,16H,2-7,10H2,1H3. The molecule has 0 amide bonds. The van der Waals surface area contributed by atoms with Crippen LogP contribution >= 0.6 is 0 Å². The van der Waals surface area contributed by atoms with Crippen LogP contribution in [0.15, 0.2) is 17.3 Å². The maximum Gasteiger partial charge on any atom is 0.246 e. The lowest BCUT2D eigenvalue weighted by Crippen LogP contribution is -2.39. The summed E-state index contributed by atoms with van der Waals surface area (Å²) < 4.78 is 32.9. The molecule has 0 aromatic carbocycles. The van der Waals surface area contributed by atoms with E-state index < -0.39 is 10.0 Å². The molecule has 0 aliphatic carbocycles. The molecule has 8 heteroatoms. The van der Waals surface area contributed by atoms with Gasteiger partial charge >= 0.3 is 0 Å². The molecule has 2 rings (SSSR count). The number of piperidine rings is 1. The first-order valence-electron chi connectivity index (χ1n) is 6.70. The van der Waals surface area contributed by atoms with Crippen LogP contribution in [0.4, 0.5) is 0 Å². The molecule has 1 aromatic heterocycles. The van der Waals surface area contributed by atoms with Crippen molar-refractivity contribution in [2.75, 3.05) is 33.4 Å². The number of hydrogen-bond donors (Lipinski definition) is 1. The molecular weight excluding hydrogens is 282 g/mol. The normalized spacial score (nSPS) is 18.5. The van der Waals surface area contributed by atoms with Crippen LogP contribution in [0.25, 0.3) is 0 Å². The fraction of sp³-hybridized carbons (Fsp3) is 0.750. The molecule has 7 nitrogen and oxygen atoms in total. The van der Waals surface area contributed by atoms with Crippen molar-refractivity contribution in [3.63, 3.8) is 0 Å². The van der Waals surface area contributed by atoms with E-state index in [0.717, 1.165) is 12.8 Å². The predicted molar refractivity (Wildman–Crippen MR) is 72.7 cm³/mol. The van der Waals surface area contributed by atoms with E-state index in [1.165, 1.54) is 21.4 Å². The van der Waals surface area contributed by atoms with Crippen molar-refractivity contribution >= 4 is 10.0 Å². The molecule has 0 saturated carbocycles. The summed E-state index contributed by atoms with van der Waals surface area (Å²) in [6.45, 7) is 1.94. The van der Waals surface area contributed by atoms with Crippen LogP contribution in [0.5, 0.6) is 0 Å². The van der Waals surface area contributed by atoms with Gasteiger partial charge in [0.25, 0.3) is 0 Å². The van der Waals surface area contributed by atoms with Gasteiger partial charge in [0, 0.05) is 33.0 Å². The van der Waals surface area contributed by atoms with Gasteiger partial charge in [0.1, 0.15) is 4.90 Å². The van der Waals surface area contributed by atoms with E-state index in [2.05, 4.69) is 5.10 Å². The van der Waals surface area contributed by atoms with E-state index >= 15 is 0 Å². The van der Waals surface area contributed by atoms with Crippen molar-refractivity contribution in [3.05, 3.63) is 12.4 Å². The number of hydrogen-bond acceptors (Lipinski definition) is 5. The lowest BCUT2D eigenvalue weighted by atomic mass is 9.99. The molecule has 1 aliphatic heterocycles. The van der Waals surface area contributed by atoms with Gasteiger partial charge in [-0.3, -0.25) is 4.68 Å². The third-order valence-electron chi connectivity index (χ3n) is 3.55. The van der Waals surface area contributed by atoms with E-state index in [9.17, 15) is 8.42 Å². The summed E-state index contributed by atoms with van der Waals surface area (Å²) in [5.74, 6) is 0.434. The molecule has 1 saturated heterocycles. The summed E-state index contributed by atoms with van der Waals surface area (Å²) in [6.07, 6.45) is 4.44. The number of aromatic nitrogens is 2. The second-order valence-corrected chi connectivity index (χ2v) is 6.90. The van der Waals surface area contributed by atoms with Crippen molar-refractivity contribution in [1.29, 1.82) is 0 Å². The van der Waals surface area contributed by atoms with E-state index in [4.69, 9.17) is 9.84 Å². The molecule has 1 N–H and O–H groups in total. The number of ether oxygens (including phenoxy) is 1. The summed E-state index contributed by atoms with van der Waals surface area (Å²) in [6, 6.07) is 0. The highest BCUT2D eigenvalue weighted by atomic mass is 32.2. The number of aliphatic hydroxyl groups excluding tert-OH is 1. The zero-order chi connectivity index (χ0) is 14.6. The number of methoxy groups -OCH3 is 1. The quantitative estimate of drug-likeness (QED) is 0.795. The average Bonchev–Trinajstić information content (AvgIpc) is 2.90. The van der Waals surface area contributed by atoms with Crippen LogP contribution in [0.3, 0.4) is 0 Å². The lowest BCUT2D eigenvalue weighted by Gasteiger charge is -2.30. The molecule has 1 fully saturated rings. The molecule has 1 aromatic rings. The Hall–Kier alpha value is -0.960. The molecule has 114 valence electrons. The molecular formula is C12H21N3O4S. The molecule has 0 spiro atoms. The minimum atomic E-state index is -3.47. The van der Waals surface area contributed by atoms with Gasteiger partial charge in [0.2, 0.25) is 10.0 Å². The molecule has 2 heterocycles. The van der Waals surface area contributed by atoms with Gasteiger partial charge in [-0.05, 0) is 18.8 Å². The summed E-state index contributed by atoms with van der Waals surface area (Å²) in [7, 11) is -1.80. The lowest BCUT2D eigenvalue weighted by molar-refractivity contribution is 0.121. The van der Waals surface area contributed by atoms with Crippen LogP contribution < -0.4 is 0 Å². The Labute approximate surface area is 119 Å². The van der Waals surface area contributed by atoms with E-state index in [-0.39, 0.29) is 11.5 Å². The number of rotatable bonds is 6. The molecule has 0 atom stereocenters. The van der Waals surface area contributed by atoms with Crippen LogP contribution in [0, 0.1) is 5.92 Å². The fourth-order valence-electron chi connectivity index (χ4n) is 2.40. The van der Waals surface area contributed by atoms with Gasteiger partial charge in [-0.2, -0.15) is 9.40 Å². The Balaban J connectivity index is 2.03. The third-order valence-corrected chi connectivity index (χ3v) is 5.40. The maximum absolute atomic E-state index is 12.4. The van der Waals surface area contributed by atoms with Crippen molar-refractivity contribution in [2.45, 2.75) is 24.3 Å². The summed E-state index contributed by atoms with van der Waals surface area (Å²) in [5, 5.41) is 12.8. The number of nitrogens with zero attached hydrogens (tertiary/aromatic N) is 3. The molecule has 0 bridgehead atoms. The maximum atomic E-state index is 12.4. The van der Waals surface area contributed by atoms with Crippen LogP contribution in [0.1, 0.15) is 12.8 Å². The minimum absolute atomic E-state index is 0.0659. The van der Waals surface area contributed by atoms with Crippen LogP contribution in [0.2, 0.25) is 0 Å². The van der Waals surface area contributed by atoms with Gasteiger partial charge < -0.3 is 9.84 Å². The van der Waals surface area contributed by atoms with Gasteiger partial charge in [0.05, 0.1) is 19.3 Å². The van der Waals surface area contributed by atoms with E-state index in [0.29, 0.717) is 32.2 Å². The number of aliphatic hydroxyl groups is 1. The van der Waals surface area contributed by atoms with Gasteiger partial charge in [-0.1, -0.05) is 0 Å². The van der Waals surface area contributed by atoms with E-state index in [1.54, 1.807) is 7.11 Å². The Morgan fingerprint density at radius 3 is 2.75 bits per heavy atom. The average molecular weight is 303 g/mol. The zero-order valence-corrected chi connectivity index (χ0v) is 12.4. The fourth-order valence-corrected chi connectivity index (χ4v) is 3.83. The van der Waals surface area contributed by atoms with Crippen molar-refractivity contribution in [3.8, 4) is 0 Å². The topological polar surface area (TPSA) is 84.7 Å². The first-order chi connectivity index (χ1) is 9.57. The van der Waals surface area contributed by atoms with Gasteiger partial charge in [-0.15, -0.1) is 0 Å². The monoisotopic (exact) mass is 303 g/mol. The second kappa shape index (κ2) is 6.66.